The molecule has 130 valence electrons. The third-order valence-corrected chi connectivity index (χ3v) is 5.62. The first kappa shape index (κ1) is 18.4. The van der Waals surface area contributed by atoms with Crippen molar-refractivity contribution < 1.29 is 14.7 Å². The lowest BCUT2D eigenvalue weighted by Gasteiger charge is -2.34. The number of hydrogen-bond acceptors (Lipinski definition) is 3. The lowest BCUT2D eigenvalue weighted by Crippen LogP contribution is -2.39. The van der Waals surface area contributed by atoms with E-state index in [0.29, 0.717) is 0 Å². The minimum atomic E-state index is -0.671. The minimum Gasteiger partial charge on any atom is -0.390 e. The van der Waals surface area contributed by atoms with Gasteiger partial charge in [-0.25, -0.2) is 0 Å². The maximum Gasteiger partial charge on any atom is 0.149 e. The normalized spacial score (nSPS) is 24.8. The maximum absolute atomic E-state index is 12.9. The molecule has 0 amide bonds. The van der Waals surface area contributed by atoms with Gasteiger partial charge in [-0.05, 0) is 65.2 Å². The van der Waals surface area contributed by atoms with E-state index in [2.05, 4.69) is 6.08 Å². The highest BCUT2D eigenvalue weighted by Gasteiger charge is 2.42. The second-order valence-corrected chi connectivity index (χ2v) is 8.20. The average molecular weight is 320 g/mol. The highest BCUT2D eigenvalue weighted by atomic mass is 16.3. The Morgan fingerprint density at radius 2 is 2.04 bits per heavy atom. The molecule has 2 aliphatic rings. The first-order chi connectivity index (χ1) is 10.9. The molecule has 2 rings (SSSR count). The van der Waals surface area contributed by atoms with Crippen molar-refractivity contribution in [1.82, 2.24) is 0 Å². The summed E-state index contributed by atoms with van der Waals surface area (Å²) in [5.41, 5.74) is 0.155. The van der Waals surface area contributed by atoms with E-state index in [1.807, 2.05) is 13.8 Å². The van der Waals surface area contributed by atoms with Crippen molar-refractivity contribution in [1.29, 1.82) is 0 Å². The lowest BCUT2D eigenvalue weighted by atomic mass is 9.67. The van der Waals surface area contributed by atoms with Gasteiger partial charge in [-0.1, -0.05) is 30.9 Å². The first-order valence-corrected chi connectivity index (χ1v) is 9.27. The Morgan fingerprint density at radius 3 is 2.57 bits per heavy atom. The molecule has 3 heteroatoms. The molecule has 1 fully saturated rings. The van der Waals surface area contributed by atoms with E-state index in [4.69, 9.17) is 0 Å². The van der Waals surface area contributed by atoms with Crippen molar-refractivity contribution in [3.8, 4) is 0 Å². The number of carbonyl (C=O) groups is 2. The summed E-state index contributed by atoms with van der Waals surface area (Å²) >= 11 is 0. The van der Waals surface area contributed by atoms with Crippen molar-refractivity contribution in [3.63, 3.8) is 0 Å². The Labute approximate surface area is 140 Å². The molecule has 0 bridgehead atoms. The molecule has 23 heavy (non-hydrogen) atoms. The molecule has 0 aromatic heterocycles. The fourth-order valence-corrected chi connectivity index (χ4v) is 4.11. The number of rotatable bonds is 7. The molecule has 0 saturated heterocycles. The Kier molecular flexibility index (Phi) is 6.19. The molecular formula is C20H32O3. The average Bonchev–Trinajstić information content (AvgIpc) is 2.54. The van der Waals surface area contributed by atoms with E-state index in [1.54, 1.807) is 0 Å². The molecule has 1 atom stereocenters. The summed E-state index contributed by atoms with van der Waals surface area (Å²) in [6.07, 6.45) is 13.3. The molecule has 2 aliphatic carbocycles. The van der Waals surface area contributed by atoms with Crippen LogP contribution in [-0.4, -0.2) is 22.8 Å². The van der Waals surface area contributed by atoms with Crippen LogP contribution >= 0.6 is 0 Å². The van der Waals surface area contributed by atoms with E-state index in [-0.39, 0.29) is 11.7 Å². The minimum absolute atomic E-state index is 0.0383. The van der Waals surface area contributed by atoms with Crippen LogP contribution in [0.5, 0.6) is 0 Å². The predicted molar refractivity (Wildman–Crippen MR) is 92.2 cm³/mol. The van der Waals surface area contributed by atoms with Gasteiger partial charge in [0.05, 0.1) is 11.0 Å². The molecule has 0 heterocycles. The van der Waals surface area contributed by atoms with Crippen LogP contribution in [0.25, 0.3) is 0 Å². The number of allylic oxidation sites excluding steroid dienone is 2. The molecule has 0 aromatic carbocycles. The van der Waals surface area contributed by atoms with Gasteiger partial charge in [0.15, 0.2) is 0 Å². The van der Waals surface area contributed by atoms with Crippen molar-refractivity contribution in [3.05, 3.63) is 11.6 Å². The molecular weight excluding hydrogens is 288 g/mol. The van der Waals surface area contributed by atoms with Crippen molar-refractivity contribution >= 4 is 12.1 Å². The lowest BCUT2D eigenvalue weighted by molar-refractivity contribution is -0.140. The zero-order valence-corrected chi connectivity index (χ0v) is 14.8. The van der Waals surface area contributed by atoms with Gasteiger partial charge in [0.1, 0.15) is 12.1 Å². The van der Waals surface area contributed by atoms with E-state index in [9.17, 15) is 14.7 Å². The zero-order valence-electron chi connectivity index (χ0n) is 14.8. The van der Waals surface area contributed by atoms with Gasteiger partial charge in [-0.15, -0.1) is 0 Å². The van der Waals surface area contributed by atoms with E-state index in [0.717, 1.165) is 76.9 Å². The van der Waals surface area contributed by atoms with E-state index < -0.39 is 11.0 Å². The number of hydrogen-bond donors (Lipinski definition) is 1. The summed E-state index contributed by atoms with van der Waals surface area (Å²) in [5, 5.41) is 9.76. The maximum atomic E-state index is 12.9. The van der Waals surface area contributed by atoms with Crippen LogP contribution in [-0.2, 0) is 9.59 Å². The molecule has 0 aliphatic heterocycles. The molecule has 1 saturated carbocycles. The van der Waals surface area contributed by atoms with Crippen LogP contribution in [0.1, 0.15) is 84.5 Å². The summed E-state index contributed by atoms with van der Waals surface area (Å²) in [4.78, 5) is 24.5. The van der Waals surface area contributed by atoms with Crippen LogP contribution in [0.2, 0.25) is 0 Å². The Hall–Kier alpha value is -0.960. The number of ketones is 1. The van der Waals surface area contributed by atoms with Crippen molar-refractivity contribution in [2.45, 2.75) is 90.1 Å². The van der Waals surface area contributed by atoms with Crippen molar-refractivity contribution in [2.75, 3.05) is 0 Å². The van der Waals surface area contributed by atoms with Gasteiger partial charge in [0.25, 0.3) is 0 Å². The van der Waals surface area contributed by atoms with Gasteiger partial charge >= 0.3 is 0 Å². The summed E-state index contributed by atoms with van der Waals surface area (Å²) in [6, 6.07) is 0. The number of carbonyl (C=O) groups excluding carboxylic acids is 2. The summed E-state index contributed by atoms with van der Waals surface area (Å²) in [6.45, 7) is 3.69. The van der Waals surface area contributed by atoms with Gasteiger partial charge in [0, 0.05) is 5.92 Å². The van der Waals surface area contributed by atoms with E-state index >= 15 is 0 Å². The molecule has 1 unspecified atom stereocenters. The van der Waals surface area contributed by atoms with Crippen LogP contribution in [0.15, 0.2) is 11.6 Å². The first-order valence-electron chi connectivity index (χ1n) is 9.27. The van der Waals surface area contributed by atoms with Crippen LogP contribution in [0.3, 0.4) is 0 Å². The summed E-state index contributed by atoms with van der Waals surface area (Å²) in [7, 11) is 0. The highest BCUT2D eigenvalue weighted by molar-refractivity contribution is 5.99. The van der Waals surface area contributed by atoms with Gasteiger partial charge in [-0.2, -0.15) is 0 Å². The summed E-state index contributed by atoms with van der Waals surface area (Å²) < 4.78 is 0. The van der Waals surface area contributed by atoms with Gasteiger partial charge in [-0.3, -0.25) is 4.79 Å². The van der Waals surface area contributed by atoms with Crippen LogP contribution < -0.4 is 0 Å². The number of Topliss-reactive ketones (excluding diaryl/α,β-unsaturated/α-hetero) is 1. The van der Waals surface area contributed by atoms with E-state index in [1.165, 1.54) is 5.57 Å². The fourth-order valence-electron chi connectivity index (χ4n) is 4.11. The van der Waals surface area contributed by atoms with Gasteiger partial charge in [0.2, 0.25) is 0 Å². The molecule has 0 spiro atoms. The summed E-state index contributed by atoms with van der Waals surface area (Å²) in [5.74, 6) is 0.246. The van der Waals surface area contributed by atoms with Crippen molar-refractivity contribution in [2.24, 2.45) is 11.3 Å². The SMILES string of the molecule is CC(C)(O)CCCC1=CCC(C(=O)C2(C=O)CCCCC2)CC1. The molecule has 0 aromatic rings. The van der Waals surface area contributed by atoms with Gasteiger partial charge < -0.3 is 9.90 Å². The Bertz CT molecular complexity index is 450. The molecule has 3 nitrogen and oxygen atoms in total. The smallest absolute Gasteiger partial charge is 0.149 e. The Morgan fingerprint density at radius 1 is 1.35 bits per heavy atom. The third-order valence-electron chi connectivity index (χ3n) is 5.62. The Balaban J connectivity index is 1.87. The monoisotopic (exact) mass is 320 g/mol. The molecule has 1 N–H and O–H groups in total. The predicted octanol–water partition coefficient (Wildman–Crippen LogP) is 4.37. The molecule has 0 radical (unpaired) electrons. The fraction of sp³-hybridized carbons (Fsp3) is 0.800. The van der Waals surface area contributed by atoms with Crippen LogP contribution in [0, 0.1) is 11.3 Å². The second kappa shape index (κ2) is 7.74. The highest BCUT2D eigenvalue weighted by Crippen LogP contribution is 2.40. The third kappa shape index (κ3) is 5.00. The second-order valence-electron chi connectivity index (χ2n) is 8.20. The topological polar surface area (TPSA) is 54.4 Å². The zero-order chi connectivity index (χ0) is 16.9. The largest absolute Gasteiger partial charge is 0.390 e. The standard InChI is InChI=1S/C20H32O3/c1-19(2,23)12-6-7-16-8-10-17(11-9-16)18(22)20(15-21)13-4-3-5-14-20/h8,15,17,23H,3-7,9-14H2,1-2H3. The quantitative estimate of drug-likeness (QED) is 0.430. The van der Waals surface area contributed by atoms with Crippen LogP contribution in [0.4, 0.5) is 0 Å². The number of aliphatic hydroxyl groups is 1. The number of aldehydes is 1.